The van der Waals surface area contributed by atoms with Gasteiger partial charge in [-0.2, -0.15) is 0 Å². The van der Waals surface area contributed by atoms with E-state index in [4.69, 9.17) is 0 Å². The van der Waals surface area contributed by atoms with Gasteiger partial charge in [-0.15, -0.1) is 0 Å². The molecule has 2 rings (SSSR count). The second-order valence-corrected chi connectivity index (χ2v) is 5.33. The number of likely N-dealkylation sites (tertiary alicyclic amines) is 1. The maximum absolute atomic E-state index is 11.8. The van der Waals surface area contributed by atoms with E-state index in [0.29, 0.717) is 13.1 Å². The fourth-order valence-electron chi connectivity index (χ4n) is 2.96. The largest absolute Gasteiger partial charge is 0.469 e. The summed E-state index contributed by atoms with van der Waals surface area (Å²) in [6.07, 6.45) is 3.92. The van der Waals surface area contributed by atoms with Crippen molar-refractivity contribution >= 4 is 11.9 Å². The van der Waals surface area contributed by atoms with Gasteiger partial charge in [-0.3, -0.25) is 9.59 Å². The average molecular weight is 255 g/mol. The van der Waals surface area contributed by atoms with Gasteiger partial charge in [-0.1, -0.05) is 12.8 Å². The van der Waals surface area contributed by atoms with E-state index >= 15 is 0 Å². The predicted octanol–water partition coefficient (Wildman–Crippen LogP) is 0.559. The van der Waals surface area contributed by atoms with Crippen LogP contribution in [0.2, 0.25) is 0 Å². The van der Waals surface area contributed by atoms with Crippen LogP contribution in [-0.4, -0.2) is 48.2 Å². The molecular formula is C13H21NO4. The lowest BCUT2D eigenvalue weighted by Gasteiger charge is -2.31. The van der Waals surface area contributed by atoms with E-state index in [2.05, 4.69) is 4.74 Å². The molecule has 2 aliphatic rings. The molecule has 0 bridgehead atoms. The Hall–Kier alpha value is -1.10. The first-order chi connectivity index (χ1) is 8.61. The van der Waals surface area contributed by atoms with Crippen molar-refractivity contribution in [2.75, 3.05) is 20.2 Å². The molecule has 1 amide bonds. The number of methoxy groups -OCH3 is 1. The van der Waals surface area contributed by atoms with Gasteiger partial charge in [0.15, 0.2) is 0 Å². The van der Waals surface area contributed by atoms with Gasteiger partial charge >= 0.3 is 5.97 Å². The van der Waals surface area contributed by atoms with E-state index in [1.807, 2.05) is 0 Å². The number of nitrogens with zero attached hydrogens (tertiary/aromatic N) is 1. The Morgan fingerprint density at radius 2 is 2.17 bits per heavy atom. The van der Waals surface area contributed by atoms with Gasteiger partial charge in [0.2, 0.25) is 5.91 Å². The zero-order chi connectivity index (χ0) is 13.1. The first-order valence-corrected chi connectivity index (χ1v) is 6.65. The van der Waals surface area contributed by atoms with Crippen LogP contribution >= 0.6 is 0 Å². The minimum atomic E-state index is -0.330. The molecule has 0 aromatic heterocycles. The second-order valence-electron chi connectivity index (χ2n) is 5.33. The van der Waals surface area contributed by atoms with Crippen molar-refractivity contribution in [2.45, 2.75) is 38.2 Å². The molecule has 1 heterocycles. The van der Waals surface area contributed by atoms with E-state index in [9.17, 15) is 14.7 Å². The van der Waals surface area contributed by atoms with Gasteiger partial charge in [-0.25, -0.2) is 0 Å². The van der Waals surface area contributed by atoms with Crippen LogP contribution in [0.15, 0.2) is 0 Å². The monoisotopic (exact) mass is 255 g/mol. The summed E-state index contributed by atoms with van der Waals surface area (Å²) in [5, 5.41) is 9.91. The molecule has 1 saturated carbocycles. The summed E-state index contributed by atoms with van der Waals surface area (Å²) < 4.78 is 4.67. The average Bonchev–Trinajstić information content (AvgIpc) is 2.73. The molecule has 18 heavy (non-hydrogen) atoms. The Morgan fingerprint density at radius 1 is 1.44 bits per heavy atom. The zero-order valence-electron chi connectivity index (χ0n) is 10.8. The van der Waals surface area contributed by atoms with Crippen LogP contribution in [0.5, 0.6) is 0 Å². The molecule has 0 aromatic carbocycles. The SMILES string of the molecule is COC(=O)C1CC(=O)N(CC2CCCCC2O)C1. The minimum absolute atomic E-state index is 0.00294. The zero-order valence-corrected chi connectivity index (χ0v) is 10.8. The van der Waals surface area contributed by atoms with Crippen molar-refractivity contribution in [2.24, 2.45) is 11.8 Å². The molecule has 0 radical (unpaired) electrons. The summed E-state index contributed by atoms with van der Waals surface area (Å²) in [7, 11) is 1.35. The Bertz CT molecular complexity index is 331. The summed E-state index contributed by atoms with van der Waals surface area (Å²) >= 11 is 0. The Balaban J connectivity index is 1.89. The molecule has 1 N–H and O–H groups in total. The smallest absolute Gasteiger partial charge is 0.310 e. The van der Waals surface area contributed by atoms with Crippen LogP contribution in [0.25, 0.3) is 0 Å². The van der Waals surface area contributed by atoms with Crippen molar-refractivity contribution in [3.8, 4) is 0 Å². The van der Waals surface area contributed by atoms with Gasteiger partial charge in [0, 0.05) is 25.4 Å². The van der Waals surface area contributed by atoms with Crippen LogP contribution in [-0.2, 0) is 14.3 Å². The molecule has 5 heteroatoms. The number of carbonyl (C=O) groups excluding carboxylic acids is 2. The third kappa shape index (κ3) is 2.83. The third-order valence-electron chi connectivity index (χ3n) is 4.07. The maximum atomic E-state index is 11.8. The quantitative estimate of drug-likeness (QED) is 0.748. The van der Waals surface area contributed by atoms with Gasteiger partial charge < -0.3 is 14.7 Å². The minimum Gasteiger partial charge on any atom is -0.469 e. The van der Waals surface area contributed by atoms with Crippen LogP contribution in [0.4, 0.5) is 0 Å². The molecule has 0 spiro atoms. The van der Waals surface area contributed by atoms with Crippen molar-refractivity contribution in [3.05, 3.63) is 0 Å². The van der Waals surface area contributed by atoms with E-state index < -0.39 is 0 Å². The molecular weight excluding hydrogens is 234 g/mol. The van der Waals surface area contributed by atoms with Gasteiger partial charge in [0.25, 0.3) is 0 Å². The first-order valence-electron chi connectivity index (χ1n) is 6.65. The molecule has 5 nitrogen and oxygen atoms in total. The third-order valence-corrected chi connectivity index (χ3v) is 4.07. The van der Waals surface area contributed by atoms with Gasteiger partial charge in [0.05, 0.1) is 19.1 Å². The van der Waals surface area contributed by atoms with E-state index in [1.54, 1.807) is 4.90 Å². The van der Waals surface area contributed by atoms with Crippen LogP contribution in [0, 0.1) is 11.8 Å². The fraction of sp³-hybridized carbons (Fsp3) is 0.846. The van der Waals surface area contributed by atoms with Gasteiger partial charge in [0.1, 0.15) is 0 Å². The summed E-state index contributed by atoms with van der Waals surface area (Å²) in [6, 6.07) is 0. The first kappa shape index (κ1) is 13.3. The van der Waals surface area contributed by atoms with Crippen molar-refractivity contribution in [1.29, 1.82) is 0 Å². The highest BCUT2D eigenvalue weighted by atomic mass is 16.5. The van der Waals surface area contributed by atoms with E-state index in [0.717, 1.165) is 25.7 Å². The summed E-state index contributed by atoms with van der Waals surface area (Å²) in [5.74, 6) is -0.472. The van der Waals surface area contributed by atoms with Crippen LogP contribution in [0.1, 0.15) is 32.1 Å². The van der Waals surface area contributed by atoms with Crippen LogP contribution in [0.3, 0.4) is 0 Å². The Labute approximate surface area is 107 Å². The number of hydrogen-bond acceptors (Lipinski definition) is 4. The lowest BCUT2D eigenvalue weighted by molar-refractivity contribution is -0.145. The lowest BCUT2D eigenvalue weighted by Crippen LogP contribution is -2.38. The number of esters is 1. The molecule has 1 saturated heterocycles. The number of ether oxygens (including phenoxy) is 1. The molecule has 0 aromatic rings. The van der Waals surface area contributed by atoms with Crippen LogP contribution < -0.4 is 0 Å². The molecule has 2 fully saturated rings. The fourth-order valence-corrected chi connectivity index (χ4v) is 2.96. The van der Waals surface area contributed by atoms with E-state index in [-0.39, 0.29) is 36.2 Å². The predicted molar refractivity (Wildman–Crippen MR) is 64.7 cm³/mol. The number of carbonyl (C=O) groups is 2. The standard InChI is InChI=1S/C13H21NO4/c1-18-13(17)10-6-12(16)14(8-10)7-9-4-2-3-5-11(9)15/h9-11,15H,2-8H2,1H3. The lowest BCUT2D eigenvalue weighted by atomic mass is 9.86. The normalized spacial score (nSPS) is 32.7. The molecule has 1 aliphatic carbocycles. The van der Waals surface area contributed by atoms with E-state index in [1.165, 1.54) is 7.11 Å². The topological polar surface area (TPSA) is 66.8 Å². The number of amides is 1. The highest BCUT2D eigenvalue weighted by Gasteiger charge is 2.37. The molecule has 102 valence electrons. The van der Waals surface area contributed by atoms with Crippen molar-refractivity contribution in [3.63, 3.8) is 0 Å². The van der Waals surface area contributed by atoms with Crippen molar-refractivity contribution in [1.82, 2.24) is 4.90 Å². The Morgan fingerprint density at radius 3 is 2.83 bits per heavy atom. The van der Waals surface area contributed by atoms with Crippen molar-refractivity contribution < 1.29 is 19.4 Å². The number of rotatable bonds is 3. The second kappa shape index (κ2) is 5.69. The number of aliphatic hydroxyl groups is 1. The highest BCUT2D eigenvalue weighted by Crippen LogP contribution is 2.28. The summed E-state index contributed by atoms with van der Waals surface area (Å²) in [4.78, 5) is 24.9. The molecule has 3 unspecified atom stereocenters. The Kier molecular flexibility index (Phi) is 4.22. The summed E-state index contributed by atoms with van der Waals surface area (Å²) in [6.45, 7) is 1.02. The maximum Gasteiger partial charge on any atom is 0.310 e. The van der Waals surface area contributed by atoms with Gasteiger partial charge in [-0.05, 0) is 12.8 Å². The highest BCUT2D eigenvalue weighted by molar-refractivity contribution is 5.86. The molecule has 3 atom stereocenters. The number of hydrogen-bond donors (Lipinski definition) is 1. The summed E-state index contributed by atoms with van der Waals surface area (Å²) in [5.41, 5.74) is 0. The molecule has 1 aliphatic heterocycles. The number of aliphatic hydroxyl groups excluding tert-OH is 1.